The third-order valence-electron chi connectivity index (χ3n) is 5.21. The first kappa shape index (κ1) is 16.7. The highest BCUT2D eigenvalue weighted by Gasteiger charge is 2.30. The second kappa shape index (κ2) is 6.49. The summed E-state index contributed by atoms with van der Waals surface area (Å²) < 4.78 is 3.24. The molecule has 0 spiro atoms. The van der Waals surface area contributed by atoms with E-state index < -0.39 is 0 Å². The molecule has 2 aromatic heterocycles. The Bertz CT molecular complexity index is 1090. The van der Waals surface area contributed by atoms with Gasteiger partial charge in [-0.2, -0.15) is 0 Å². The summed E-state index contributed by atoms with van der Waals surface area (Å²) in [7, 11) is 3.52. The third-order valence-corrected chi connectivity index (χ3v) is 5.21. The molecule has 4 rings (SSSR count). The number of benzene rings is 1. The smallest absolute Gasteiger partial charge is 0.298 e. The molecule has 1 atom stereocenters. The molecule has 0 saturated carbocycles. The Morgan fingerprint density at radius 3 is 2.77 bits per heavy atom. The van der Waals surface area contributed by atoms with Gasteiger partial charge in [0.05, 0.1) is 16.9 Å². The minimum absolute atomic E-state index is 0.0197. The van der Waals surface area contributed by atoms with Gasteiger partial charge in [0.15, 0.2) is 0 Å². The van der Waals surface area contributed by atoms with Crippen LogP contribution in [0, 0.1) is 0 Å². The summed E-state index contributed by atoms with van der Waals surface area (Å²) in [4.78, 5) is 35.4. The second-order valence-electron chi connectivity index (χ2n) is 6.76. The zero-order valence-electron chi connectivity index (χ0n) is 14.9. The third kappa shape index (κ3) is 2.74. The van der Waals surface area contributed by atoms with Crippen molar-refractivity contribution in [3.63, 3.8) is 0 Å². The van der Waals surface area contributed by atoms with Crippen LogP contribution >= 0.6 is 0 Å². The van der Waals surface area contributed by atoms with Crippen LogP contribution in [0.3, 0.4) is 0 Å². The van der Waals surface area contributed by atoms with Crippen molar-refractivity contribution in [3.05, 3.63) is 68.9 Å². The van der Waals surface area contributed by atoms with Crippen molar-refractivity contribution in [3.8, 4) is 0 Å². The lowest BCUT2D eigenvalue weighted by atomic mass is 10.1. The molecule has 7 nitrogen and oxygen atoms in total. The maximum Gasteiger partial charge on any atom is 0.347 e. The number of hydrogen-bond acceptors (Lipinski definition) is 5. The minimum Gasteiger partial charge on any atom is -0.298 e. The van der Waals surface area contributed by atoms with Crippen LogP contribution in [0.1, 0.15) is 30.4 Å². The first-order valence-corrected chi connectivity index (χ1v) is 8.77. The summed E-state index contributed by atoms with van der Waals surface area (Å²) in [5.41, 5.74) is 1.36. The summed E-state index contributed by atoms with van der Waals surface area (Å²) in [6.45, 7) is 1.53. The van der Waals surface area contributed by atoms with Crippen molar-refractivity contribution in [2.75, 3.05) is 6.54 Å². The molecule has 0 bridgehead atoms. The van der Waals surface area contributed by atoms with E-state index in [-0.39, 0.29) is 17.3 Å². The van der Waals surface area contributed by atoms with Gasteiger partial charge in [-0.1, -0.05) is 12.1 Å². The summed E-state index contributed by atoms with van der Waals surface area (Å²) >= 11 is 0. The van der Waals surface area contributed by atoms with Crippen molar-refractivity contribution in [1.29, 1.82) is 0 Å². The van der Waals surface area contributed by atoms with Crippen molar-refractivity contribution in [2.24, 2.45) is 14.1 Å². The molecule has 0 radical (unpaired) electrons. The van der Waals surface area contributed by atoms with E-state index in [0.29, 0.717) is 11.9 Å². The van der Waals surface area contributed by atoms with Crippen LogP contribution < -0.4 is 11.2 Å². The topological polar surface area (TPSA) is 73.0 Å². The molecule has 3 aromatic rings. The number of hydrogen-bond donors (Lipinski definition) is 0. The molecule has 26 heavy (non-hydrogen) atoms. The molecular formula is C19H21N5O2. The number of para-hydroxylation sites is 1. The Kier molecular flexibility index (Phi) is 4.16. The summed E-state index contributed by atoms with van der Waals surface area (Å²) in [5.74, 6) is 0.783. The van der Waals surface area contributed by atoms with E-state index in [1.807, 2.05) is 30.3 Å². The van der Waals surface area contributed by atoms with Crippen LogP contribution in [0.2, 0.25) is 0 Å². The highest BCUT2D eigenvalue weighted by atomic mass is 16.1. The highest BCUT2D eigenvalue weighted by Crippen LogP contribution is 2.31. The monoisotopic (exact) mass is 351 g/mol. The van der Waals surface area contributed by atoms with Crippen LogP contribution in [-0.4, -0.2) is 30.5 Å². The predicted molar refractivity (Wildman–Crippen MR) is 98.8 cm³/mol. The fraction of sp³-hybridized carbons (Fsp3) is 0.368. The minimum atomic E-state index is -0.255. The van der Waals surface area contributed by atoms with Gasteiger partial charge in [0, 0.05) is 32.5 Å². The van der Waals surface area contributed by atoms with E-state index in [4.69, 9.17) is 4.98 Å². The zero-order valence-corrected chi connectivity index (χ0v) is 14.9. The summed E-state index contributed by atoms with van der Waals surface area (Å²) in [5, 5.41) is 0.639. The Balaban J connectivity index is 1.74. The van der Waals surface area contributed by atoms with Crippen molar-refractivity contribution in [2.45, 2.75) is 25.4 Å². The van der Waals surface area contributed by atoms with Crippen molar-refractivity contribution in [1.82, 2.24) is 24.0 Å². The molecule has 1 fully saturated rings. The highest BCUT2D eigenvalue weighted by molar-refractivity contribution is 5.77. The van der Waals surface area contributed by atoms with Gasteiger partial charge in [-0.25, -0.2) is 14.8 Å². The Morgan fingerprint density at radius 1 is 1.12 bits per heavy atom. The standard InChI is InChI=1S/C19H21N5O2/c1-22-13(9-10-20-19(22)26)12-24-11-5-8-16(24)17-21-15-7-4-3-6-14(15)18(25)23(17)2/h3-4,6-7,9-10,16H,5,8,11-12H2,1-2H3. The van der Waals surface area contributed by atoms with Crippen LogP contribution in [0.4, 0.5) is 0 Å². The average molecular weight is 351 g/mol. The van der Waals surface area contributed by atoms with Crippen LogP contribution in [-0.2, 0) is 20.6 Å². The largest absolute Gasteiger partial charge is 0.347 e. The Hall–Kier alpha value is -2.80. The fourth-order valence-electron chi connectivity index (χ4n) is 3.72. The maximum absolute atomic E-state index is 12.7. The van der Waals surface area contributed by atoms with Gasteiger partial charge in [0.1, 0.15) is 5.82 Å². The molecule has 7 heteroatoms. The van der Waals surface area contributed by atoms with E-state index in [9.17, 15) is 9.59 Å². The number of fused-ring (bicyclic) bond motifs is 1. The Labute approximate surface area is 150 Å². The molecule has 1 aliphatic rings. The van der Waals surface area contributed by atoms with Gasteiger partial charge in [-0.15, -0.1) is 0 Å². The fourth-order valence-corrected chi connectivity index (χ4v) is 3.72. The number of likely N-dealkylation sites (tertiary alicyclic amines) is 1. The Morgan fingerprint density at radius 2 is 1.92 bits per heavy atom. The van der Waals surface area contributed by atoms with Gasteiger partial charge in [-0.05, 0) is 37.6 Å². The van der Waals surface area contributed by atoms with E-state index in [1.165, 1.54) is 0 Å². The number of nitrogens with zero attached hydrogens (tertiary/aromatic N) is 5. The van der Waals surface area contributed by atoms with Gasteiger partial charge in [0.25, 0.3) is 5.56 Å². The molecule has 134 valence electrons. The first-order valence-electron chi connectivity index (χ1n) is 8.77. The average Bonchev–Trinajstić information content (AvgIpc) is 3.10. The van der Waals surface area contributed by atoms with E-state index in [1.54, 1.807) is 29.4 Å². The predicted octanol–water partition coefficient (Wildman–Crippen LogP) is 1.36. The second-order valence-corrected chi connectivity index (χ2v) is 6.76. The van der Waals surface area contributed by atoms with E-state index in [0.717, 1.165) is 36.4 Å². The van der Waals surface area contributed by atoms with Crippen LogP contribution in [0.25, 0.3) is 10.9 Å². The lowest BCUT2D eigenvalue weighted by Gasteiger charge is -2.26. The van der Waals surface area contributed by atoms with Gasteiger partial charge in [-0.3, -0.25) is 18.8 Å². The molecule has 0 amide bonds. The summed E-state index contributed by atoms with van der Waals surface area (Å²) in [6.07, 6.45) is 3.52. The zero-order chi connectivity index (χ0) is 18.3. The quantitative estimate of drug-likeness (QED) is 0.712. The molecule has 3 heterocycles. The molecular weight excluding hydrogens is 330 g/mol. The van der Waals surface area contributed by atoms with Gasteiger partial charge in [0.2, 0.25) is 0 Å². The summed E-state index contributed by atoms with van der Waals surface area (Å²) in [6, 6.07) is 9.37. The SMILES string of the molecule is Cn1c(CN2CCCC2c2nc3ccccc3c(=O)n2C)ccnc1=O. The van der Waals surface area contributed by atoms with Crippen molar-refractivity contribution < 1.29 is 0 Å². The van der Waals surface area contributed by atoms with Crippen LogP contribution in [0.5, 0.6) is 0 Å². The van der Waals surface area contributed by atoms with Crippen molar-refractivity contribution >= 4 is 10.9 Å². The van der Waals surface area contributed by atoms with E-state index in [2.05, 4.69) is 9.88 Å². The number of rotatable bonds is 3. The molecule has 0 aliphatic carbocycles. The molecule has 1 aromatic carbocycles. The number of aromatic nitrogens is 4. The normalized spacial score (nSPS) is 17.8. The molecule has 1 saturated heterocycles. The first-order chi connectivity index (χ1) is 12.6. The lowest BCUT2D eigenvalue weighted by Crippen LogP contribution is -2.32. The molecule has 0 N–H and O–H groups in total. The van der Waals surface area contributed by atoms with Gasteiger partial charge < -0.3 is 0 Å². The molecule has 1 aliphatic heterocycles. The van der Waals surface area contributed by atoms with Crippen LogP contribution in [0.15, 0.2) is 46.1 Å². The van der Waals surface area contributed by atoms with E-state index >= 15 is 0 Å². The molecule has 1 unspecified atom stereocenters. The maximum atomic E-state index is 12.7. The van der Waals surface area contributed by atoms with Gasteiger partial charge >= 0.3 is 5.69 Å². The lowest BCUT2D eigenvalue weighted by molar-refractivity contribution is 0.229.